The predicted octanol–water partition coefficient (Wildman–Crippen LogP) is -1.29. The minimum Gasteiger partial charge on any atom is -0.481 e. The number of carboxylic acids is 6. The smallest absolute Gasteiger partial charge is 0.303 e. The molecular weight excluding hydrogens is 388 g/mol. The maximum Gasteiger partial charge on any atom is 0.303 e. The quantitative estimate of drug-likeness (QED) is 0.206. The van der Waals surface area contributed by atoms with Crippen molar-refractivity contribution >= 4 is 35.8 Å². The van der Waals surface area contributed by atoms with Gasteiger partial charge in [-0.3, -0.25) is 28.8 Å². The van der Waals surface area contributed by atoms with E-state index in [2.05, 4.69) is 0 Å². The highest BCUT2D eigenvalue weighted by Gasteiger charge is 2.01. The molecule has 0 fully saturated rings. The molecule has 0 unspecified atom stereocenters. The van der Waals surface area contributed by atoms with Gasteiger partial charge in [-0.2, -0.15) is 0 Å². The molecule has 0 bridgehead atoms. The molecule has 0 heterocycles. The molecule has 28 heavy (non-hydrogen) atoms. The molecule has 0 radical (unpaired) electrons. The normalized spacial score (nSPS) is 8.36. The van der Waals surface area contributed by atoms with Gasteiger partial charge in [0.1, 0.15) is 0 Å². The number of rotatable bonds is 10. The van der Waals surface area contributed by atoms with E-state index in [9.17, 15) is 28.8 Å². The van der Waals surface area contributed by atoms with Gasteiger partial charge in [0.2, 0.25) is 0 Å². The summed E-state index contributed by atoms with van der Waals surface area (Å²) in [5.74, 6) is -6.46. The second-order valence-electron chi connectivity index (χ2n) is 4.44. The van der Waals surface area contributed by atoms with Crippen molar-refractivity contribution in [1.82, 2.24) is 0 Å². The molecule has 0 amide bonds. The first-order valence-electron chi connectivity index (χ1n) is 7.50. The average molecular weight is 414 g/mol. The minimum absolute atomic E-state index is 0.296. The van der Waals surface area contributed by atoms with Gasteiger partial charge in [0.25, 0.3) is 0 Å². The van der Waals surface area contributed by atoms with Gasteiger partial charge < -0.3 is 42.1 Å². The van der Waals surface area contributed by atoms with E-state index in [1.807, 2.05) is 0 Å². The van der Waals surface area contributed by atoms with Crippen LogP contribution < -0.4 is 11.5 Å². The summed E-state index contributed by atoms with van der Waals surface area (Å²) in [6, 6.07) is 0. The molecule has 0 saturated carbocycles. The Morgan fingerprint density at radius 3 is 0.536 bits per heavy atom. The Balaban J connectivity index is -0.000000141. The van der Waals surface area contributed by atoms with Crippen LogP contribution in [0.1, 0.15) is 38.5 Å². The number of carbonyl (C=O) groups is 6. The number of carboxylic acid groups (broad SMARTS) is 6. The molecule has 0 aromatic heterocycles. The summed E-state index contributed by atoms with van der Waals surface area (Å²) < 4.78 is 0. The van der Waals surface area contributed by atoms with Crippen LogP contribution in [0.4, 0.5) is 0 Å². The molecule has 0 aromatic carbocycles. The molecular formula is C14H26N2O12. The minimum atomic E-state index is -1.08. The molecule has 0 aliphatic heterocycles. The zero-order valence-electron chi connectivity index (χ0n) is 14.9. The highest BCUT2D eigenvalue weighted by Crippen LogP contribution is 1.87. The third-order valence-corrected chi connectivity index (χ3v) is 1.82. The first-order valence-corrected chi connectivity index (χ1v) is 7.50. The van der Waals surface area contributed by atoms with Crippen molar-refractivity contribution in [3.05, 3.63) is 0 Å². The Kier molecular flexibility index (Phi) is 27.5. The Morgan fingerprint density at radius 2 is 0.500 bits per heavy atom. The Morgan fingerprint density at radius 1 is 0.393 bits per heavy atom. The second-order valence-corrected chi connectivity index (χ2v) is 4.44. The molecule has 0 rings (SSSR count). The van der Waals surface area contributed by atoms with Gasteiger partial charge in [-0.15, -0.1) is 0 Å². The standard InChI is InChI=1S/3C4H6O4.C2H8N2/c3*5-3(6)1-2-4(7)8;3-1-2-4/h3*1-2H2,(H,5,6)(H,7,8);1-4H2. The van der Waals surface area contributed by atoms with Crippen LogP contribution in [0.2, 0.25) is 0 Å². The van der Waals surface area contributed by atoms with E-state index in [1.54, 1.807) is 0 Å². The van der Waals surface area contributed by atoms with Crippen LogP contribution in [0.5, 0.6) is 0 Å². The van der Waals surface area contributed by atoms with E-state index in [4.69, 9.17) is 42.1 Å². The van der Waals surface area contributed by atoms with Crippen LogP contribution in [-0.2, 0) is 28.8 Å². The lowest BCUT2D eigenvalue weighted by Gasteiger charge is -1.85. The highest BCUT2D eigenvalue weighted by atomic mass is 16.4. The predicted molar refractivity (Wildman–Crippen MR) is 91.6 cm³/mol. The lowest BCUT2D eigenvalue weighted by molar-refractivity contribution is -0.143. The summed E-state index contributed by atoms with van der Waals surface area (Å²) in [5.41, 5.74) is 9.81. The molecule has 0 aliphatic rings. The average Bonchev–Trinajstić information content (AvgIpc) is 2.57. The Labute approximate surface area is 159 Å². The fourth-order valence-electron chi connectivity index (χ4n) is 0.642. The number of hydrogen-bond donors (Lipinski definition) is 8. The van der Waals surface area contributed by atoms with Gasteiger partial charge >= 0.3 is 35.8 Å². The second kappa shape index (κ2) is 23.7. The van der Waals surface area contributed by atoms with E-state index in [0.29, 0.717) is 13.1 Å². The SMILES string of the molecule is NCCN.O=C(O)CCC(=O)O.O=C(O)CCC(=O)O.O=C(O)CCC(=O)O. The Hall–Kier alpha value is -3.26. The lowest BCUT2D eigenvalue weighted by Crippen LogP contribution is -2.11. The van der Waals surface area contributed by atoms with Gasteiger partial charge in [0, 0.05) is 13.1 Å². The van der Waals surface area contributed by atoms with Crippen LogP contribution in [0, 0.1) is 0 Å². The molecule has 0 spiro atoms. The fourth-order valence-corrected chi connectivity index (χ4v) is 0.642. The molecule has 14 heteroatoms. The van der Waals surface area contributed by atoms with Crippen LogP contribution in [0.25, 0.3) is 0 Å². The number of hydrogen-bond acceptors (Lipinski definition) is 8. The summed E-state index contributed by atoms with van der Waals surface area (Å²) in [6.07, 6.45) is -1.78. The van der Waals surface area contributed by atoms with E-state index in [-0.39, 0.29) is 38.5 Å². The van der Waals surface area contributed by atoms with Crippen molar-refractivity contribution in [2.75, 3.05) is 13.1 Å². The van der Waals surface area contributed by atoms with Gasteiger partial charge in [-0.25, -0.2) is 0 Å². The fraction of sp³-hybridized carbons (Fsp3) is 0.571. The van der Waals surface area contributed by atoms with Gasteiger partial charge in [0.05, 0.1) is 38.5 Å². The summed E-state index contributed by atoms with van der Waals surface area (Å²) >= 11 is 0. The highest BCUT2D eigenvalue weighted by molar-refractivity contribution is 5.76. The van der Waals surface area contributed by atoms with Crippen LogP contribution in [-0.4, -0.2) is 79.5 Å². The van der Waals surface area contributed by atoms with Crippen molar-refractivity contribution in [3.8, 4) is 0 Å². The molecule has 0 aromatic rings. The van der Waals surface area contributed by atoms with Crippen LogP contribution >= 0.6 is 0 Å². The Bertz CT molecular complexity index is 382. The summed E-state index contributed by atoms with van der Waals surface area (Å²) in [6.45, 7) is 1.19. The van der Waals surface area contributed by atoms with E-state index in [0.717, 1.165) is 0 Å². The molecule has 164 valence electrons. The largest absolute Gasteiger partial charge is 0.481 e. The van der Waals surface area contributed by atoms with E-state index in [1.165, 1.54) is 0 Å². The van der Waals surface area contributed by atoms with Gasteiger partial charge in [-0.1, -0.05) is 0 Å². The monoisotopic (exact) mass is 414 g/mol. The lowest BCUT2D eigenvalue weighted by atomic mass is 10.3. The summed E-state index contributed by atoms with van der Waals surface area (Å²) in [7, 11) is 0. The van der Waals surface area contributed by atoms with Gasteiger partial charge in [0.15, 0.2) is 0 Å². The zero-order chi connectivity index (χ0) is 23.1. The topological polar surface area (TPSA) is 276 Å². The van der Waals surface area contributed by atoms with Crippen molar-refractivity contribution < 1.29 is 59.4 Å². The van der Waals surface area contributed by atoms with Crippen molar-refractivity contribution in [3.63, 3.8) is 0 Å². The molecule has 10 N–H and O–H groups in total. The number of aliphatic carboxylic acids is 6. The van der Waals surface area contributed by atoms with Crippen molar-refractivity contribution in [2.24, 2.45) is 11.5 Å². The van der Waals surface area contributed by atoms with Crippen LogP contribution in [0.3, 0.4) is 0 Å². The molecule has 0 saturated heterocycles. The first kappa shape index (κ1) is 32.4. The number of nitrogens with two attached hydrogens (primary N) is 2. The molecule has 14 nitrogen and oxygen atoms in total. The molecule has 0 aliphatic carbocycles. The third kappa shape index (κ3) is 66.2. The van der Waals surface area contributed by atoms with E-state index < -0.39 is 35.8 Å². The van der Waals surface area contributed by atoms with Gasteiger partial charge in [-0.05, 0) is 0 Å². The van der Waals surface area contributed by atoms with Crippen LogP contribution in [0.15, 0.2) is 0 Å². The maximum absolute atomic E-state index is 9.64. The van der Waals surface area contributed by atoms with E-state index >= 15 is 0 Å². The summed E-state index contributed by atoms with van der Waals surface area (Å²) in [4.78, 5) is 57.8. The van der Waals surface area contributed by atoms with Crippen molar-refractivity contribution in [1.29, 1.82) is 0 Å². The first-order chi connectivity index (χ1) is 12.8. The zero-order valence-corrected chi connectivity index (χ0v) is 14.9. The maximum atomic E-state index is 9.64. The molecule has 0 atom stereocenters. The summed E-state index contributed by atoms with van der Waals surface area (Å²) in [5, 5.41) is 47.4. The third-order valence-electron chi connectivity index (χ3n) is 1.82. The van der Waals surface area contributed by atoms with Crippen molar-refractivity contribution in [2.45, 2.75) is 38.5 Å².